The lowest BCUT2D eigenvalue weighted by atomic mass is 10.2. The van der Waals surface area contributed by atoms with E-state index in [9.17, 15) is 9.59 Å². The number of aryl methyl sites for hydroxylation is 3. The molecule has 0 fully saturated rings. The molecule has 1 aromatic carbocycles. The topological polar surface area (TPSA) is 67.4 Å². The Morgan fingerprint density at radius 2 is 1.96 bits per heavy atom. The van der Waals surface area contributed by atoms with Gasteiger partial charge in [-0.25, -0.2) is 0 Å². The lowest BCUT2D eigenvalue weighted by Crippen LogP contribution is -2.41. The molecule has 2 N–H and O–H groups in total. The van der Waals surface area contributed by atoms with E-state index in [1.165, 1.54) is 16.2 Å². The average molecular weight is 360 g/mol. The van der Waals surface area contributed by atoms with Crippen LogP contribution >= 0.6 is 11.3 Å². The maximum absolute atomic E-state index is 12.0. The molecule has 0 atom stereocenters. The minimum Gasteiger partial charge on any atom is -0.494 e. The van der Waals surface area contributed by atoms with Crippen LogP contribution in [0.25, 0.3) is 0 Å². The monoisotopic (exact) mass is 360 g/mol. The van der Waals surface area contributed by atoms with Gasteiger partial charge in [0.1, 0.15) is 5.75 Å². The zero-order valence-corrected chi connectivity index (χ0v) is 15.7. The van der Waals surface area contributed by atoms with Crippen molar-refractivity contribution >= 4 is 23.2 Å². The van der Waals surface area contributed by atoms with Crippen molar-refractivity contribution in [3.8, 4) is 5.75 Å². The van der Waals surface area contributed by atoms with Crippen LogP contribution in [0.3, 0.4) is 0 Å². The number of ether oxygens (including phenoxy) is 1. The van der Waals surface area contributed by atoms with E-state index in [1.54, 1.807) is 0 Å². The third kappa shape index (κ3) is 5.90. The second-order valence-corrected chi connectivity index (χ2v) is 6.98. The zero-order valence-electron chi connectivity index (χ0n) is 14.8. The Kier molecular flexibility index (Phi) is 7.01. The molecule has 2 rings (SSSR count). The molecule has 0 aliphatic rings. The number of hydrogen-bond acceptors (Lipinski definition) is 4. The first-order valence-corrected chi connectivity index (χ1v) is 9.19. The van der Waals surface area contributed by atoms with Crippen LogP contribution in [0.15, 0.2) is 30.3 Å². The molecule has 134 valence electrons. The molecule has 6 heteroatoms. The predicted octanol–water partition coefficient (Wildman–Crippen LogP) is 3.55. The van der Waals surface area contributed by atoms with Crippen LogP contribution < -0.4 is 15.6 Å². The number of hydrogen-bond donors (Lipinski definition) is 2. The molecular weight excluding hydrogens is 336 g/mol. The van der Waals surface area contributed by atoms with E-state index in [0.717, 1.165) is 23.3 Å². The highest BCUT2D eigenvalue weighted by Crippen LogP contribution is 2.22. The smallest absolute Gasteiger partial charge is 0.279 e. The Morgan fingerprint density at radius 3 is 2.64 bits per heavy atom. The van der Waals surface area contributed by atoms with Crippen molar-refractivity contribution < 1.29 is 14.3 Å². The van der Waals surface area contributed by atoms with Crippen LogP contribution in [0, 0.1) is 13.8 Å². The van der Waals surface area contributed by atoms with Crippen LogP contribution in [0.1, 0.15) is 45.4 Å². The van der Waals surface area contributed by atoms with Gasteiger partial charge < -0.3 is 4.74 Å². The van der Waals surface area contributed by atoms with Crippen LogP contribution in [-0.4, -0.2) is 18.4 Å². The molecule has 1 heterocycles. The van der Waals surface area contributed by atoms with Crippen molar-refractivity contribution in [2.75, 3.05) is 6.61 Å². The summed E-state index contributed by atoms with van der Waals surface area (Å²) in [4.78, 5) is 25.6. The van der Waals surface area contributed by atoms with Gasteiger partial charge in [0.2, 0.25) is 5.91 Å². The van der Waals surface area contributed by atoms with E-state index < -0.39 is 0 Å². The van der Waals surface area contributed by atoms with Crippen LogP contribution in [0.4, 0.5) is 0 Å². The second-order valence-electron chi connectivity index (χ2n) is 5.84. The number of carbonyl (C=O) groups is 2. The largest absolute Gasteiger partial charge is 0.494 e. The molecule has 0 spiro atoms. The van der Waals surface area contributed by atoms with Gasteiger partial charge in [0.25, 0.3) is 5.91 Å². The quantitative estimate of drug-likeness (QED) is 0.586. The summed E-state index contributed by atoms with van der Waals surface area (Å²) in [5, 5.41) is 0. The molecule has 0 radical (unpaired) electrons. The van der Waals surface area contributed by atoms with Crippen molar-refractivity contribution in [2.45, 2.75) is 40.0 Å². The summed E-state index contributed by atoms with van der Waals surface area (Å²) in [6, 6.07) is 9.63. The summed E-state index contributed by atoms with van der Waals surface area (Å²) < 4.78 is 5.59. The van der Waals surface area contributed by atoms with Gasteiger partial charge in [-0.15, -0.1) is 11.3 Å². The first-order chi connectivity index (χ1) is 12.0. The Morgan fingerprint density at radius 1 is 1.16 bits per heavy atom. The molecule has 0 unspecified atom stereocenters. The third-order valence-electron chi connectivity index (χ3n) is 3.69. The summed E-state index contributed by atoms with van der Waals surface area (Å²) >= 11 is 1.46. The van der Waals surface area contributed by atoms with E-state index >= 15 is 0 Å². The van der Waals surface area contributed by atoms with E-state index in [4.69, 9.17) is 4.74 Å². The second kappa shape index (κ2) is 9.22. The fraction of sp³-hybridized carbons (Fsp3) is 0.368. The number of amides is 2. The highest BCUT2D eigenvalue weighted by Gasteiger charge is 2.12. The molecule has 2 aromatic rings. The number of nitrogens with one attached hydrogen (secondary N) is 2. The number of carbonyl (C=O) groups excluding carboxylic acids is 2. The van der Waals surface area contributed by atoms with Crippen molar-refractivity contribution in [1.29, 1.82) is 0 Å². The van der Waals surface area contributed by atoms with Gasteiger partial charge >= 0.3 is 0 Å². The molecule has 0 saturated carbocycles. The summed E-state index contributed by atoms with van der Waals surface area (Å²) in [7, 11) is 0. The SMILES string of the molecule is CCc1sc(C(=O)NNC(=O)CCCOc2cccc(C)c2)cc1C. The summed E-state index contributed by atoms with van der Waals surface area (Å²) in [5.74, 6) is 0.288. The van der Waals surface area contributed by atoms with Gasteiger partial charge in [-0.1, -0.05) is 19.1 Å². The summed E-state index contributed by atoms with van der Waals surface area (Å²) in [6.07, 6.45) is 1.76. The van der Waals surface area contributed by atoms with E-state index in [2.05, 4.69) is 17.8 Å². The van der Waals surface area contributed by atoms with Gasteiger partial charge in [0, 0.05) is 11.3 Å². The lowest BCUT2D eigenvalue weighted by molar-refractivity contribution is -0.122. The maximum Gasteiger partial charge on any atom is 0.279 e. The minimum atomic E-state index is -0.280. The maximum atomic E-state index is 12.0. The lowest BCUT2D eigenvalue weighted by Gasteiger charge is -2.08. The molecular formula is C19H24N2O3S. The number of rotatable bonds is 7. The van der Waals surface area contributed by atoms with Gasteiger partial charge in [0.05, 0.1) is 11.5 Å². The van der Waals surface area contributed by atoms with Crippen molar-refractivity contribution in [2.24, 2.45) is 0 Å². The van der Waals surface area contributed by atoms with E-state index in [-0.39, 0.29) is 18.2 Å². The minimum absolute atomic E-state index is 0.231. The highest BCUT2D eigenvalue weighted by atomic mass is 32.1. The molecule has 5 nitrogen and oxygen atoms in total. The molecule has 0 aliphatic heterocycles. The molecule has 1 aromatic heterocycles. The highest BCUT2D eigenvalue weighted by molar-refractivity contribution is 7.14. The first-order valence-electron chi connectivity index (χ1n) is 8.37. The zero-order chi connectivity index (χ0) is 18.2. The fourth-order valence-corrected chi connectivity index (χ4v) is 3.37. The van der Waals surface area contributed by atoms with Crippen molar-refractivity contribution in [3.63, 3.8) is 0 Å². The number of hydrazine groups is 1. The summed E-state index contributed by atoms with van der Waals surface area (Å²) in [5.41, 5.74) is 7.15. The van der Waals surface area contributed by atoms with Gasteiger partial charge in [0.15, 0.2) is 0 Å². The molecule has 0 saturated heterocycles. The number of thiophene rings is 1. The van der Waals surface area contributed by atoms with E-state index in [0.29, 0.717) is 17.9 Å². The fourth-order valence-electron chi connectivity index (χ4n) is 2.36. The first kappa shape index (κ1) is 19.0. The Hall–Kier alpha value is -2.34. The predicted molar refractivity (Wildman–Crippen MR) is 100.0 cm³/mol. The molecule has 2 amide bonds. The van der Waals surface area contributed by atoms with E-state index in [1.807, 2.05) is 44.2 Å². The average Bonchev–Trinajstić information content (AvgIpc) is 2.97. The molecule has 0 aliphatic carbocycles. The van der Waals surface area contributed by atoms with Crippen molar-refractivity contribution in [1.82, 2.24) is 10.9 Å². The van der Waals surface area contributed by atoms with Crippen LogP contribution in [0.5, 0.6) is 5.75 Å². The Labute approximate surface area is 152 Å². The van der Waals surface area contributed by atoms with Crippen LogP contribution in [-0.2, 0) is 11.2 Å². The van der Waals surface area contributed by atoms with Gasteiger partial charge in [-0.3, -0.25) is 20.4 Å². The Balaban J connectivity index is 1.67. The molecule has 25 heavy (non-hydrogen) atoms. The van der Waals surface area contributed by atoms with Crippen molar-refractivity contribution in [3.05, 3.63) is 51.2 Å². The Bertz CT molecular complexity index is 740. The molecule has 0 bridgehead atoms. The third-order valence-corrected chi connectivity index (χ3v) is 5.07. The summed E-state index contributed by atoms with van der Waals surface area (Å²) in [6.45, 7) is 6.50. The van der Waals surface area contributed by atoms with Crippen LogP contribution in [0.2, 0.25) is 0 Å². The standard InChI is InChI=1S/C19H24N2O3S/c1-4-16-14(3)12-17(25-16)19(23)21-20-18(22)9-6-10-24-15-8-5-7-13(2)11-15/h5,7-8,11-12H,4,6,9-10H2,1-3H3,(H,20,22)(H,21,23). The normalized spacial score (nSPS) is 10.4. The van der Waals surface area contributed by atoms with Gasteiger partial charge in [-0.05, 0) is 56.0 Å². The number of benzene rings is 1. The van der Waals surface area contributed by atoms with Gasteiger partial charge in [-0.2, -0.15) is 0 Å².